The monoisotopic (exact) mass is 231 g/mol. The third-order valence-electron chi connectivity index (χ3n) is 4.14. The standard InChI is InChI=1S/C14H17NO2/c16-14(17)12-6-11-5-9-3-1-2-4-10(9)7-13(11)15-8-12/h1-4,7,9-12,15H,5-6,8H2,(H,16,17). The molecule has 2 N–H and O–H groups in total. The molecule has 4 atom stereocenters. The van der Waals surface area contributed by atoms with Gasteiger partial charge in [-0.3, -0.25) is 4.79 Å². The third-order valence-corrected chi connectivity index (χ3v) is 4.14. The number of carboxylic acids is 1. The van der Waals surface area contributed by atoms with E-state index in [2.05, 4.69) is 35.7 Å². The topological polar surface area (TPSA) is 49.3 Å². The van der Waals surface area contributed by atoms with E-state index >= 15 is 0 Å². The Balaban J connectivity index is 1.80. The Labute approximate surface area is 101 Å². The van der Waals surface area contributed by atoms with Crippen LogP contribution in [-0.2, 0) is 4.79 Å². The first-order chi connectivity index (χ1) is 8.24. The number of aliphatic carboxylic acids is 1. The fourth-order valence-corrected chi connectivity index (χ4v) is 3.17. The van der Waals surface area contributed by atoms with E-state index in [9.17, 15) is 4.79 Å². The van der Waals surface area contributed by atoms with Crippen molar-refractivity contribution in [3.63, 3.8) is 0 Å². The molecule has 17 heavy (non-hydrogen) atoms. The predicted molar refractivity (Wildman–Crippen MR) is 65.2 cm³/mol. The van der Waals surface area contributed by atoms with Gasteiger partial charge in [-0.15, -0.1) is 0 Å². The zero-order chi connectivity index (χ0) is 11.8. The lowest BCUT2D eigenvalue weighted by Gasteiger charge is -2.39. The third kappa shape index (κ3) is 1.90. The molecule has 90 valence electrons. The summed E-state index contributed by atoms with van der Waals surface area (Å²) >= 11 is 0. The summed E-state index contributed by atoms with van der Waals surface area (Å²) in [6.45, 7) is 0.578. The first-order valence-corrected chi connectivity index (χ1v) is 6.27. The Morgan fingerprint density at radius 1 is 1.29 bits per heavy atom. The van der Waals surface area contributed by atoms with Crippen molar-refractivity contribution in [1.29, 1.82) is 0 Å². The molecular weight excluding hydrogens is 214 g/mol. The molecule has 0 aromatic heterocycles. The molecule has 0 aromatic carbocycles. The lowest BCUT2D eigenvalue weighted by molar-refractivity contribution is -0.142. The molecule has 2 aliphatic carbocycles. The van der Waals surface area contributed by atoms with E-state index in [1.54, 1.807) is 0 Å². The summed E-state index contributed by atoms with van der Waals surface area (Å²) in [7, 11) is 0. The number of nitrogens with one attached hydrogen (secondary N) is 1. The molecule has 0 saturated carbocycles. The van der Waals surface area contributed by atoms with E-state index in [1.165, 1.54) is 5.70 Å². The van der Waals surface area contributed by atoms with Gasteiger partial charge in [-0.25, -0.2) is 0 Å². The number of hydrogen-bond donors (Lipinski definition) is 2. The quantitative estimate of drug-likeness (QED) is 0.725. The minimum atomic E-state index is -0.669. The summed E-state index contributed by atoms with van der Waals surface area (Å²) in [5, 5.41) is 12.4. The van der Waals surface area contributed by atoms with Gasteiger partial charge in [-0.1, -0.05) is 30.4 Å². The second-order valence-electron chi connectivity index (χ2n) is 5.22. The van der Waals surface area contributed by atoms with Crippen molar-refractivity contribution in [1.82, 2.24) is 5.32 Å². The SMILES string of the molecule is O=C(O)C1CNC2=CC3C=CC=CC3CC2C1. The molecular formula is C14H17NO2. The van der Waals surface area contributed by atoms with Gasteiger partial charge in [0.05, 0.1) is 5.92 Å². The Morgan fingerprint density at radius 3 is 2.94 bits per heavy atom. The highest BCUT2D eigenvalue weighted by Gasteiger charge is 2.35. The van der Waals surface area contributed by atoms with Gasteiger partial charge in [-0.05, 0) is 24.7 Å². The van der Waals surface area contributed by atoms with Crippen LogP contribution in [0.15, 0.2) is 36.1 Å². The van der Waals surface area contributed by atoms with Crippen LogP contribution in [0, 0.1) is 23.7 Å². The molecule has 0 radical (unpaired) electrons. The largest absolute Gasteiger partial charge is 0.481 e. The van der Waals surface area contributed by atoms with E-state index < -0.39 is 5.97 Å². The molecule has 0 aromatic rings. The maximum Gasteiger partial charge on any atom is 0.308 e. The van der Waals surface area contributed by atoms with E-state index in [0.717, 1.165) is 12.8 Å². The average molecular weight is 231 g/mol. The maximum atomic E-state index is 11.0. The summed E-state index contributed by atoms with van der Waals surface area (Å²) < 4.78 is 0. The zero-order valence-electron chi connectivity index (χ0n) is 9.67. The van der Waals surface area contributed by atoms with Gasteiger partial charge in [0, 0.05) is 18.2 Å². The Kier molecular flexibility index (Phi) is 2.54. The number of rotatable bonds is 1. The predicted octanol–water partition coefficient (Wildman–Crippen LogP) is 1.94. The maximum absolute atomic E-state index is 11.0. The highest BCUT2D eigenvalue weighted by atomic mass is 16.4. The first kappa shape index (κ1) is 10.6. The molecule has 0 bridgehead atoms. The van der Waals surface area contributed by atoms with Crippen LogP contribution >= 0.6 is 0 Å². The van der Waals surface area contributed by atoms with Crippen molar-refractivity contribution in [3.8, 4) is 0 Å². The van der Waals surface area contributed by atoms with E-state index in [-0.39, 0.29) is 5.92 Å². The average Bonchev–Trinajstić information content (AvgIpc) is 2.35. The smallest absolute Gasteiger partial charge is 0.308 e. The van der Waals surface area contributed by atoms with Crippen molar-refractivity contribution in [2.24, 2.45) is 23.7 Å². The minimum absolute atomic E-state index is 0.225. The van der Waals surface area contributed by atoms with E-state index in [1.807, 2.05) is 0 Å². The molecule has 0 spiro atoms. The van der Waals surface area contributed by atoms with Crippen LogP contribution in [0.4, 0.5) is 0 Å². The van der Waals surface area contributed by atoms with Gasteiger partial charge in [0.15, 0.2) is 0 Å². The van der Waals surface area contributed by atoms with Gasteiger partial charge in [0.2, 0.25) is 0 Å². The zero-order valence-corrected chi connectivity index (χ0v) is 9.67. The Morgan fingerprint density at radius 2 is 2.12 bits per heavy atom. The summed E-state index contributed by atoms with van der Waals surface area (Å²) in [5.74, 6) is 0.569. The van der Waals surface area contributed by atoms with E-state index in [0.29, 0.717) is 24.3 Å². The van der Waals surface area contributed by atoms with Crippen molar-refractivity contribution < 1.29 is 9.90 Å². The summed E-state index contributed by atoms with van der Waals surface area (Å²) in [6.07, 6.45) is 12.8. The molecule has 3 heteroatoms. The van der Waals surface area contributed by atoms with Crippen LogP contribution < -0.4 is 5.32 Å². The fourth-order valence-electron chi connectivity index (χ4n) is 3.17. The van der Waals surface area contributed by atoms with Crippen molar-refractivity contribution >= 4 is 5.97 Å². The number of carbonyl (C=O) groups is 1. The van der Waals surface area contributed by atoms with E-state index in [4.69, 9.17) is 5.11 Å². The van der Waals surface area contributed by atoms with Gasteiger partial charge in [0.25, 0.3) is 0 Å². The van der Waals surface area contributed by atoms with Crippen LogP contribution in [0.25, 0.3) is 0 Å². The van der Waals surface area contributed by atoms with Crippen molar-refractivity contribution in [2.45, 2.75) is 12.8 Å². The molecule has 1 saturated heterocycles. The van der Waals surface area contributed by atoms with Gasteiger partial charge in [-0.2, -0.15) is 0 Å². The fraction of sp³-hybridized carbons (Fsp3) is 0.500. The number of fused-ring (bicyclic) bond motifs is 2. The Bertz CT molecular complexity index is 422. The summed E-state index contributed by atoms with van der Waals surface area (Å²) in [5.41, 5.74) is 1.27. The highest BCUT2D eigenvalue weighted by Crippen LogP contribution is 2.40. The van der Waals surface area contributed by atoms with Crippen LogP contribution in [0.1, 0.15) is 12.8 Å². The number of piperidine rings is 1. The molecule has 1 heterocycles. The molecule has 1 aliphatic heterocycles. The van der Waals surface area contributed by atoms with Gasteiger partial charge < -0.3 is 10.4 Å². The molecule has 3 rings (SSSR count). The van der Waals surface area contributed by atoms with Crippen molar-refractivity contribution in [2.75, 3.05) is 6.54 Å². The summed E-state index contributed by atoms with van der Waals surface area (Å²) in [4.78, 5) is 11.0. The Hall–Kier alpha value is -1.51. The van der Waals surface area contributed by atoms with Crippen LogP contribution in [-0.4, -0.2) is 17.6 Å². The minimum Gasteiger partial charge on any atom is -0.481 e. The van der Waals surface area contributed by atoms with Gasteiger partial charge in [0.1, 0.15) is 0 Å². The highest BCUT2D eigenvalue weighted by molar-refractivity contribution is 5.70. The number of carboxylic acid groups (broad SMARTS) is 1. The number of allylic oxidation sites excluding steroid dienone is 6. The second kappa shape index (κ2) is 4.06. The summed E-state index contributed by atoms with van der Waals surface area (Å²) in [6, 6.07) is 0. The molecule has 3 nitrogen and oxygen atoms in total. The lowest BCUT2D eigenvalue weighted by atomic mass is 9.71. The van der Waals surface area contributed by atoms with Crippen molar-refractivity contribution in [3.05, 3.63) is 36.1 Å². The lowest BCUT2D eigenvalue weighted by Crippen LogP contribution is -2.41. The number of hydrogen-bond acceptors (Lipinski definition) is 2. The first-order valence-electron chi connectivity index (χ1n) is 6.27. The molecule has 3 aliphatic rings. The normalized spacial score (nSPS) is 38.7. The molecule has 4 unspecified atom stereocenters. The van der Waals surface area contributed by atoms with Crippen LogP contribution in [0.3, 0.4) is 0 Å². The second-order valence-corrected chi connectivity index (χ2v) is 5.22. The molecule has 0 amide bonds. The van der Waals surface area contributed by atoms with Crippen LogP contribution in [0.5, 0.6) is 0 Å². The van der Waals surface area contributed by atoms with Crippen LogP contribution in [0.2, 0.25) is 0 Å². The van der Waals surface area contributed by atoms with Gasteiger partial charge >= 0.3 is 5.97 Å². The molecule has 1 fully saturated rings.